The lowest BCUT2D eigenvalue weighted by Gasteiger charge is -2.37. The second-order valence-corrected chi connectivity index (χ2v) is 6.88. The van der Waals surface area contributed by atoms with Gasteiger partial charge in [-0.2, -0.15) is 0 Å². The Hall–Kier alpha value is -2.56. The number of anilines is 1. The number of halogens is 3. The lowest BCUT2D eigenvalue weighted by molar-refractivity contribution is -0.274. The number of hydrogen-bond acceptors (Lipinski definition) is 7. The molecule has 2 aromatic rings. The molecule has 1 aliphatic heterocycles. The van der Waals surface area contributed by atoms with E-state index in [0.29, 0.717) is 31.1 Å². The number of rotatable bonds is 10. The Morgan fingerprint density at radius 1 is 1.16 bits per heavy atom. The Balaban J connectivity index is 1.57. The highest BCUT2D eigenvalue weighted by Gasteiger charge is 2.31. The Labute approximate surface area is 178 Å². The van der Waals surface area contributed by atoms with Gasteiger partial charge in [-0.05, 0) is 24.1 Å². The second-order valence-electron chi connectivity index (χ2n) is 6.88. The fourth-order valence-electron chi connectivity index (χ4n) is 3.19. The fourth-order valence-corrected chi connectivity index (χ4v) is 3.19. The summed E-state index contributed by atoms with van der Waals surface area (Å²) < 4.78 is 62.3. The molecule has 1 saturated heterocycles. The maximum atomic E-state index is 12.3. The third-order valence-corrected chi connectivity index (χ3v) is 4.62. The minimum absolute atomic E-state index is 0.142. The summed E-state index contributed by atoms with van der Waals surface area (Å²) in [4.78, 5) is 6.48. The van der Waals surface area contributed by atoms with Crippen LogP contribution in [-0.2, 0) is 20.8 Å². The standard InChI is InChI=1S/C21H25F3N2O5/c1-27-15-29-8-6-17-14-28-9-7-26(17)18-10-20(12-25-11-18)30-13-16-2-4-19(5-3-16)31-21(22,23)24/h2-5,10-12,17H,6-9,13-15H2,1H3. The molecule has 1 atom stereocenters. The van der Waals surface area contributed by atoms with Crippen LogP contribution in [0.2, 0.25) is 0 Å². The molecule has 7 nitrogen and oxygen atoms in total. The van der Waals surface area contributed by atoms with Crippen molar-refractivity contribution >= 4 is 5.69 Å². The van der Waals surface area contributed by atoms with Crippen LogP contribution in [0.15, 0.2) is 42.7 Å². The molecule has 0 aliphatic carbocycles. The van der Waals surface area contributed by atoms with Crippen molar-refractivity contribution in [1.82, 2.24) is 4.98 Å². The second kappa shape index (κ2) is 11.2. The van der Waals surface area contributed by atoms with E-state index in [1.807, 2.05) is 6.07 Å². The summed E-state index contributed by atoms with van der Waals surface area (Å²) in [6.07, 6.45) is -0.565. The average Bonchev–Trinajstić information content (AvgIpc) is 2.76. The highest BCUT2D eigenvalue weighted by atomic mass is 19.4. The quantitative estimate of drug-likeness (QED) is 0.410. The van der Waals surface area contributed by atoms with Crippen LogP contribution in [0.3, 0.4) is 0 Å². The van der Waals surface area contributed by atoms with E-state index < -0.39 is 6.36 Å². The number of ether oxygens (including phenoxy) is 5. The molecule has 1 aromatic carbocycles. The zero-order valence-electron chi connectivity index (χ0n) is 17.1. The van der Waals surface area contributed by atoms with E-state index in [-0.39, 0.29) is 25.2 Å². The van der Waals surface area contributed by atoms with E-state index in [0.717, 1.165) is 18.7 Å². The SMILES string of the molecule is COCOCCC1COCCN1c1cncc(OCc2ccc(OC(F)(F)F)cc2)c1. The van der Waals surface area contributed by atoms with Gasteiger partial charge < -0.3 is 28.6 Å². The van der Waals surface area contributed by atoms with Crippen molar-refractivity contribution in [2.24, 2.45) is 0 Å². The van der Waals surface area contributed by atoms with Crippen molar-refractivity contribution in [3.8, 4) is 11.5 Å². The number of alkyl halides is 3. The molecule has 31 heavy (non-hydrogen) atoms. The number of aromatic nitrogens is 1. The van der Waals surface area contributed by atoms with Gasteiger partial charge >= 0.3 is 6.36 Å². The molecular formula is C21H25F3N2O5. The molecule has 1 aliphatic rings. The molecular weight excluding hydrogens is 417 g/mol. The number of hydrogen-bond donors (Lipinski definition) is 0. The predicted octanol–water partition coefficient (Wildman–Crippen LogP) is 3.78. The highest BCUT2D eigenvalue weighted by molar-refractivity contribution is 5.49. The highest BCUT2D eigenvalue weighted by Crippen LogP contribution is 2.26. The van der Waals surface area contributed by atoms with Crippen molar-refractivity contribution in [3.63, 3.8) is 0 Å². The van der Waals surface area contributed by atoms with Crippen LogP contribution in [0.5, 0.6) is 11.5 Å². The topological polar surface area (TPSA) is 62.3 Å². The van der Waals surface area contributed by atoms with Crippen LogP contribution >= 0.6 is 0 Å². The van der Waals surface area contributed by atoms with Crippen molar-refractivity contribution in [1.29, 1.82) is 0 Å². The van der Waals surface area contributed by atoms with Crippen molar-refractivity contribution in [2.75, 3.05) is 45.2 Å². The summed E-state index contributed by atoms with van der Waals surface area (Å²) in [7, 11) is 1.58. The fraction of sp³-hybridized carbons (Fsp3) is 0.476. The van der Waals surface area contributed by atoms with E-state index >= 15 is 0 Å². The molecule has 0 spiro atoms. The Bertz CT molecular complexity index is 804. The first-order valence-electron chi connectivity index (χ1n) is 9.78. The molecule has 10 heteroatoms. The molecule has 1 unspecified atom stereocenters. The summed E-state index contributed by atoms with van der Waals surface area (Å²) in [6.45, 7) is 2.92. The zero-order chi connectivity index (χ0) is 22.1. The molecule has 0 saturated carbocycles. The Morgan fingerprint density at radius 2 is 1.97 bits per heavy atom. The van der Waals surface area contributed by atoms with Crippen molar-refractivity contribution in [3.05, 3.63) is 48.3 Å². The van der Waals surface area contributed by atoms with Gasteiger partial charge in [-0.3, -0.25) is 4.98 Å². The van der Waals surface area contributed by atoms with Crippen molar-refractivity contribution in [2.45, 2.75) is 25.4 Å². The van der Waals surface area contributed by atoms with Crippen LogP contribution < -0.4 is 14.4 Å². The third-order valence-electron chi connectivity index (χ3n) is 4.62. The van der Waals surface area contributed by atoms with E-state index in [9.17, 15) is 13.2 Å². The van der Waals surface area contributed by atoms with E-state index in [2.05, 4.69) is 14.6 Å². The number of morpholine rings is 1. The molecule has 170 valence electrons. The normalized spacial score (nSPS) is 16.9. The molecule has 0 bridgehead atoms. The first-order chi connectivity index (χ1) is 14.9. The number of pyridine rings is 1. The van der Waals surface area contributed by atoms with Gasteiger partial charge in [0.1, 0.15) is 24.9 Å². The molecule has 1 fully saturated rings. The van der Waals surface area contributed by atoms with Gasteiger partial charge in [-0.1, -0.05) is 12.1 Å². The third kappa shape index (κ3) is 7.57. The van der Waals surface area contributed by atoms with Crippen molar-refractivity contribution < 1.29 is 36.9 Å². The van der Waals surface area contributed by atoms with Crippen LogP contribution in [-0.4, -0.2) is 57.7 Å². The molecule has 3 rings (SSSR count). The van der Waals surface area contributed by atoms with Gasteiger partial charge in [0.15, 0.2) is 0 Å². The minimum Gasteiger partial charge on any atom is -0.487 e. The summed E-state index contributed by atoms with van der Waals surface area (Å²) in [5.74, 6) is 0.293. The molecule has 0 N–H and O–H groups in total. The maximum absolute atomic E-state index is 12.3. The molecule has 2 heterocycles. The molecule has 0 radical (unpaired) electrons. The van der Waals surface area contributed by atoms with Gasteiger partial charge in [-0.15, -0.1) is 13.2 Å². The van der Waals surface area contributed by atoms with Crippen LogP contribution in [0.1, 0.15) is 12.0 Å². The first kappa shape index (κ1) is 23.1. The maximum Gasteiger partial charge on any atom is 0.573 e. The molecule has 1 aromatic heterocycles. The van der Waals surface area contributed by atoms with Gasteiger partial charge in [0, 0.05) is 19.7 Å². The zero-order valence-corrected chi connectivity index (χ0v) is 17.1. The van der Waals surface area contributed by atoms with E-state index in [1.165, 1.54) is 24.3 Å². The van der Waals surface area contributed by atoms with Gasteiger partial charge in [-0.25, -0.2) is 0 Å². The van der Waals surface area contributed by atoms with Gasteiger partial charge in [0.25, 0.3) is 0 Å². The van der Waals surface area contributed by atoms with E-state index in [1.54, 1.807) is 19.5 Å². The summed E-state index contributed by atoms with van der Waals surface area (Å²) in [5.41, 5.74) is 1.62. The van der Waals surface area contributed by atoms with Crippen LogP contribution in [0, 0.1) is 0 Å². The van der Waals surface area contributed by atoms with Gasteiger partial charge in [0.2, 0.25) is 0 Å². The minimum atomic E-state index is -4.71. The van der Waals surface area contributed by atoms with Crippen LogP contribution in [0.4, 0.5) is 18.9 Å². The summed E-state index contributed by atoms with van der Waals surface area (Å²) in [5, 5.41) is 0. The largest absolute Gasteiger partial charge is 0.573 e. The Kier molecular flexibility index (Phi) is 8.33. The smallest absolute Gasteiger partial charge is 0.487 e. The van der Waals surface area contributed by atoms with Gasteiger partial charge in [0.05, 0.1) is 43.9 Å². The summed E-state index contributed by atoms with van der Waals surface area (Å²) in [6, 6.07) is 7.59. The number of methoxy groups -OCH3 is 1. The molecule has 0 amide bonds. The van der Waals surface area contributed by atoms with E-state index in [4.69, 9.17) is 18.9 Å². The monoisotopic (exact) mass is 442 g/mol. The summed E-state index contributed by atoms with van der Waals surface area (Å²) >= 11 is 0. The lowest BCUT2D eigenvalue weighted by Crippen LogP contribution is -2.46. The lowest BCUT2D eigenvalue weighted by atomic mass is 10.1. The average molecular weight is 442 g/mol. The number of nitrogens with zero attached hydrogens (tertiary/aromatic N) is 2. The first-order valence-corrected chi connectivity index (χ1v) is 9.78. The van der Waals surface area contributed by atoms with Crippen LogP contribution in [0.25, 0.3) is 0 Å². The number of benzene rings is 1. The Morgan fingerprint density at radius 3 is 2.71 bits per heavy atom. The predicted molar refractivity (Wildman–Crippen MR) is 106 cm³/mol.